The number of hydrogen-bond acceptors (Lipinski definition) is 6. The van der Waals surface area contributed by atoms with Crippen molar-refractivity contribution < 1.29 is 9.53 Å². The number of anilines is 1. The van der Waals surface area contributed by atoms with Gasteiger partial charge >= 0.3 is 0 Å². The van der Waals surface area contributed by atoms with Gasteiger partial charge in [-0.2, -0.15) is 5.26 Å². The number of carbonyl (C=O) groups excluding carboxylic acids is 1. The van der Waals surface area contributed by atoms with Crippen molar-refractivity contribution in [1.82, 2.24) is 15.0 Å². The van der Waals surface area contributed by atoms with E-state index < -0.39 is 0 Å². The summed E-state index contributed by atoms with van der Waals surface area (Å²) in [4.78, 5) is 25.7. The third-order valence-electron chi connectivity index (χ3n) is 4.31. The molecule has 0 aliphatic heterocycles. The Morgan fingerprint density at radius 2 is 1.86 bits per heavy atom. The van der Waals surface area contributed by atoms with E-state index in [-0.39, 0.29) is 17.4 Å². The molecule has 0 spiro atoms. The summed E-state index contributed by atoms with van der Waals surface area (Å²) < 4.78 is 5.32. The van der Waals surface area contributed by atoms with Gasteiger partial charge in [0.1, 0.15) is 11.4 Å². The molecular formula is C22H15N5O2. The van der Waals surface area contributed by atoms with Gasteiger partial charge in [0.15, 0.2) is 5.65 Å². The Balaban J connectivity index is 1.61. The van der Waals surface area contributed by atoms with Crippen LogP contribution in [0.15, 0.2) is 66.9 Å². The van der Waals surface area contributed by atoms with Crippen LogP contribution >= 0.6 is 0 Å². The molecule has 0 unspecified atom stereocenters. The van der Waals surface area contributed by atoms with Crippen LogP contribution in [-0.2, 0) is 0 Å². The quantitative estimate of drug-likeness (QED) is 0.577. The van der Waals surface area contributed by atoms with Crippen LogP contribution in [0.2, 0.25) is 0 Å². The van der Waals surface area contributed by atoms with Crippen molar-refractivity contribution in [3.8, 4) is 23.2 Å². The van der Waals surface area contributed by atoms with Crippen LogP contribution in [0.1, 0.15) is 15.9 Å². The predicted octanol–water partition coefficient (Wildman–Crippen LogP) is 3.82. The Kier molecular flexibility index (Phi) is 4.82. The van der Waals surface area contributed by atoms with Crippen LogP contribution in [0.3, 0.4) is 0 Å². The highest BCUT2D eigenvalue weighted by Gasteiger charge is 2.16. The van der Waals surface area contributed by atoms with Crippen LogP contribution in [-0.4, -0.2) is 28.0 Å². The lowest BCUT2D eigenvalue weighted by atomic mass is 10.1. The number of aromatic nitrogens is 3. The van der Waals surface area contributed by atoms with Crippen LogP contribution in [0.4, 0.5) is 5.82 Å². The molecule has 7 nitrogen and oxygen atoms in total. The molecule has 0 saturated heterocycles. The minimum atomic E-state index is -0.386. The molecule has 0 aliphatic rings. The fourth-order valence-corrected chi connectivity index (χ4v) is 2.85. The van der Waals surface area contributed by atoms with Crippen molar-refractivity contribution in [3.63, 3.8) is 0 Å². The highest BCUT2D eigenvalue weighted by Crippen LogP contribution is 2.24. The summed E-state index contributed by atoms with van der Waals surface area (Å²) >= 11 is 0. The number of nitriles is 1. The van der Waals surface area contributed by atoms with Gasteiger partial charge in [0.2, 0.25) is 5.88 Å². The van der Waals surface area contributed by atoms with Crippen LogP contribution in [0, 0.1) is 11.3 Å². The maximum Gasteiger partial charge on any atom is 0.262 e. The van der Waals surface area contributed by atoms with Gasteiger partial charge < -0.3 is 10.1 Å². The summed E-state index contributed by atoms with van der Waals surface area (Å²) in [5.74, 6) is 0.200. The first-order chi connectivity index (χ1) is 14.2. The molecule has 1 amide bonds. The van der Waals surface area contributed by atoms with Gasteiger partial charge in [-0.15, -0.1) is 0 Å². The summed E-state index contributed by atoms with van der Waals surface area (Å²) in [5.41, 5.74) is 2.85. The average Bonchev–Trinajstić information content (AvgIpc) is 2.78. The Morgan fingerprint density at radius 1 is 1.03 bits per heavy atom. The van der Waals surface area contributed by atoms with Crippen molar-refractivity contribution in [1.29, 1.82) is 5.26 Å². The van der Waals surface area contributed by atoms with Crippen molar-refractivity contribution in [2.45, 2.75) is 0 Å². The fourth-order valence-electron chi connectivity index (χ4n) is 2.85. The maximum atomic E-state index is 12.7. The third-order valence-corrected chi connectivity index (χ3v) is 4.31. The smallest absolute Gasteiger partial charge is 0.262 e. The van der Waals surface area contributed by atoms with Crippen molar-refractivity contribution in [2.24, 2.45) is 0 Å². The molecule has 1 aromatic carbocycles. The molecule has 4 rings (SSSR count). The van der Waals surface area contributed by atoms with E-state index in [2.05, 4.69) is 26.3 Å². The SMILES string of the molecule is COc1nc(-c2ccc(C#N)cc2)ccc1C(=O)Nc1ccc2cccnc2n1. The highest BCUT2D eigenvalue weighted by atomic mass is 16.5. The second-order valence-corrected chi connectivity index (χ2v) is 6.14. The summed E-state index contributed by atoms with van der Waals surface area (Å²) in [5, 5.41) is 12.6. The molecule has 0 atom stereocenters. The molecule has 0 bridgehead atoms. The van der Waals surface area contributed by atoms with Gasteiger partial charge in [-0.05, 0) is 48.5 Å². The van der Waals surface area contributed by atoms with Gasteiger partial charge in [0.05, 0.1) is 24.4 Å². The van der Waals surface area contributed by atoms with E-state index in [0.717, 1.165) is 10.9 Å². The Morgan fingerprint density at radius 3 is 2.62 bits per heavy atom. The van der Waals surface area contributed by atoms with Crippen molar-refractivity contribution in [2.75, 3.05) is 12.4 Å². The second-order valence-electron chi connectivity index (χ2n) is 6.14. The number of benzene rings is 1. The Hall–Kier alpha value is -4.31. The minimum absolute atomic E-state index is 0.197. The zero-order valence-corrected chi connectivity index (χ0v) is 15.5. The van der Waals surface area contributed by atoms with Crippen LogP contribution in [0.25, 0.3) is 22.3 Å². The lowest BCUT2D eigenvalue weighted by Crippen LogP contribution is -2.15. The predicted molar refractivity (Wildman–Crippen MR) is 108 cm³/mol. The molecular weight excluding hydrogens is 366 g/mol. The third kappa shape index (κ3) is 3.73. The summed E-state index contributed by atoms with van der Waals surface area (Å²) in [6.07, 6.45) is 1.65. The molecule has 3 heterocycles. The number of hydrogen-bond donors (Lipinski definition) is 1. The van der Waals surface area contributed by atoms with Gasteiger partial charge in [0, 0.05) is 17.1 Å². The van der Waals surface area contributed by atoms with E-state index in [1.165, 1.54) is 7.11 Å². The summed E-state index contributed by atoms with van der Waals surface area (Å²) in [6.45, 7) is 0. The number of carbonyl (C=O) groups is 1. The topological polar surface area (TPSA) is 101 Å². The number of methoxy groups -OCH3 is 1. The molecule has 7 heteroatoms. The lowest BCUT2D eigenvalue weighted by molar-refractivity contribution is 0.102. The molecule has 29 heavy (non-hydrogen) atoms. The summed E-state index contributed by atoms with van der Waals surface area (Å²) in [6, 6.07) is 19.8. The minimum Gasteiger partial charge on any atom is -0.480 e. The van der Waals surface area contributed by atoms with Gasteiger partial charge in [0.25, 0.3) is 5.91 Å². The molecule has 140 valence electrons. The zero-order valence-electron chi connectivity index (χ0n) is 15.5. The van der Waals surface area contributed by atoms with E-state index in [4.69, 9.17) is 10.00 Å². The maximum absolute atomic E-state index is 12.7. The van der Waals surface area contributed by atoms with Gasteiger partial charge in [-0.1, -0.05) is 12.1 Å². The lowest BCUT2D eigenvalue weighted by Gasteiger charge is -2.10. The first-order valence-corrected chi connectivity index (χ1v) is 8.76. The largest absolute Gasteiger partial charge is 0.480 e. The average molecular weight is 381 g/mol. The number of amides is 1. The van der Waals surface area contributed by atoms with E-state index in [9.17, 15) is 4.79 Å². The molecule has 1 N–H and O–H groups in total. The first-order valence-electron chi connectivity index (χ1n) is 8.76. The van der Waals surface area contributed by atoms with Gasteiger partial charge in [-0.3, -0.25) is 4.79 Å². The number of ether oxygens (including phenoxy) is 1. The Bertz CT molecular complexity index is 1250. The molecule has 3 aromatic heterocycles. The fraction of sp³-hybridized carbons (Fsp3) is 0.0455. The number of nitrogens with one attached hydrogen (secondary N) is 1. The summed E-state index contributed by atoms with van der Waals surface area (Å²) in [7, 11) is 1.46. The van der Waals surface area contributed by atoms with Crippen molar-refractivity contribution >= 4 is 22.8 Å². The highest BCUT2D eigenvalue weighted by molar-refractivity contribution is 6.05. The number of pyridine rings is 3. The molecule has 0 saturated carbocycles. The number of nitrogens with zero attached hydrogens (tertiary/aromatic N) is 4. The van der Waals surface area contributed by atoms with Gasteiger partial charge in [-0.25, -0.2) is 15.0 Å². The van der Waals surface area contributed by atoms with E-state index >= 15 is 0 Å². The number of rotatable bonds is 4. The zero-order chi connectivity index (χ0) is 20.2. The van der Waals surface area contributed by atoms with E-state index in [0.29, 0.717) is 22.7 Å². The normalized spacial score (nSPS) is 10.3. The first kappa shape index (κ1) is 18.1. The standard InChI is InChI=1S/C22H15N5O2/c1-29-22-17(9-10-18(25-22)15-6-4-14(13-23)5-7-15)21(28)27-19-11-8-16-3-2-12-24-20(16)26-19/h2-12H,1H3,(H,24,26,27,28). The van der Waals surface area contributed by atoms with Crippen LogP contribution < -0.4 is 10.1 Å². The molecule has 0 aliphatic carbocycles. The van der Waals surface area contributed by atoms with E-state index in [1.54, 1.807) is 48.7 Å². The number of fused-ring (bicyclic) bond motifs is 1. The molecule has 4 aromatic rings. The molecule has 0 radical (unpaired) electrons. The van der Waals surface area contributed by atoms with Crippen LogP contribution in [0.5, 0.6) is 5.88 Å². The van der Waals surface area contributed by atoms with E-state index in [1.807, 2.05) is 18.2 Å². The Labute approximate surface area is 166 Å². The monoisotopic (exact) mass is 381 g/mol. The second kappa shape index (κ2) is 7.74. The molecule has 0 fully saturated rings. The van der Waals surface area contributed by atoms with Crippen molar-refractivity contribution in [3.05, 3.63) is 78.0 Å².